The number of ether oxygens (including phenoxy) is 4. The van der Waals surface area contributed by atoms with Crippen molar-refractivity contribution in [3.63, 3.8) is 0 Å². The first-order valence-corrected chi connectivity index (χ1v) is 49.6. The van der Waals surface area contributed by atoms with E-state index < -0.39 is 97.5 Å². The van der Waals surface area contributed by atoms with E-state index >= 15 is 0 Å². The van der Waals surface area contributed by atoms with Crippen LogP contribution in [0.4, 0.5) is 0 Å². The van der Waals surface area contributed by atoms with E-state index in [0.29, 0.717) is 25.7 Å². The molecular weight excluding hydrogens is 1410 g/mol. The molecule has 0 aromatic rings. The van der Waals surface area contributed by atoms with Crippen LogP contribution in [0.1, 0.15) is 485 Å². The molecule has 7 atom stereocenters. The fraction of sp³-hybridized carbons (Fsp3) is 0.956. The molecule has 3 N–H and O–H groups in total. The Morgan fingerprint density at radius 2 is 0.440 bits per heavy atom. The Bertz CT molecular complexity index is 2080. The smallest absolute Gasteiger partial charge is 0.462 e. The van der Waals surface area contributed by atoms with E-state index in [2.05, 4.69) is 41.5 Å². The predicted octanol–water partition coefficient (Wildman–Crippen LogP) is 27.8. The number of hydrogen-bond donors (Lipinski definition) is 3. The topological polar surface area (TPSA) is 237 Å². The summed E-state index contributed by atoms with van der Waals surface area (Å²) in [7, 11) is -9.93. The van der Waals surface area contributed by atoms with E-state index in [0.717, 1.165) is 108 Å². The molecule has 4 unspecified atom stereocenters. The van der Waals surface area contributed by atoms with Crippen molar-refractivity contribution in [3.8, 4) is 0 Å². The fourth-order valence-corrected chi connectivity index (χ4v) is 15.6. The summed E-state index contributed by atoms with van der Waals surface area (Å²) in [4.78, 5) is 73.3. The van der Waals surface area contributed by atoms with Gasteiger partial charge in [-0.05, 0) is 37.5 Å². The van der Waals surface area contributed by atoms with E-state index in [-0.39, 0.29) is 25.7 Å². The summed E-state index contributed by atoms with van der Waals surface area (Å²) in [6, 6.07) is 0. The zero-order valence-corrected chi connectivity index (χ0v) is 73.7. The Labute approximate surface area is 670 Å². The minimum absolute atomic E-state index is 0.108. The maximum Gasteiger partial charge on any atom is 0.472 e. The molecule has 0 aliphatic carbocycles. The van der Waals surface area contributed by atoms with Gasteiger partial charge in [-0.3, -0.25) is 37.3 Å². The SMILES string of the molecule is CCCCCCCCCCCCCCCCCCCCCCC(=O)OC[C@H](COP(=O)(O)OC[C@@H](O)COP(=O)(O)OC[C@@H](COC(=O)CCCCCCCCC(C)CC)OC(=O)CCCCCCCCCCCCCCCCCCC)OC(=O)CCCCCCCCCCCCCCCCCCCCC(C)CC. The van der Waals surface area contributed by atoms with Crippen LogP contribution in [0.2, 0.25) is 0 Å². The lowest BCUT2D eigenvalue weighted by molar-refractivity contribution is -0.161. The van der Waals surface area contributed by atoms with Crippen LogP contribution >= 0.6 is 15.6 Å². The third-order valence-electron chi connectivity index (χ3n) is 21.9. The first kappa shape index (κ1) is 107. The van der Waals surface area contributed by atoms with Crippen molar-refractivity contribution in [1.29, 1.82) is 0 Å². The Morgan fingerprint density at radius 3 is 0.651 bits per heavy atom. The fourth-order valence-electron chi connectivity index (χ4n) is 14.1. The van der Waals surface area contributed by atoms with E-state index in [9.17, 15) is 43.2 Å². The first-order valence-electron chi connectivity index (χ1n) is 46.6. The summed E-state index contributed by atoms with van der Waals surface area (Å²) in [6.45, 7) is 9.72. The number of aliphatic hydroxyl groups excluding tert-OH is 1. The summed E-state index contributed by atoms with van der Waals surface area (Å²) >= 11 is 0. The van der Waals surface area contributed by atoms with Crippen molar-refractivity contribution in [2.45, 2.75) is 503 Å². The van der Waals surface area contributed by atoms with E-state index in [4.69, 9.17) is 37.0 Å². The molecule has 0 radical (unpaired) electrons. The molecule has 0 rings (SSSR count). The Kier molecular flexibility index (Phi) is 79.8. The molecule has 109 heavy (non-hydrogen) atoms. The second-order valence-corrected chi connectivity index (χ2v) is 35.7. The highest BCUT2D eigenvalue weighted by Gasteiger charge is 2.31. The third-order valence-corrected chi connectivity index (χ3v) is 23.8. The van der Waals surface area contributed by atoms with Crippen LogP contribution in [-0.4, -0.2) is 96.7 Å². The van der Waals surface area contributed by atoms with Gasteiger partial charge in [0.15, 0.2) is 12.2 Å². The number of aliphatic hydroxyl groups is 1. The van der Waals surface area contributed by atoms with Crippen molar-refractivity contribution < 1.29 is 80.2 Å². The molecular formula is C90H176O17P2. The van der Waals surface area contributed by atoms with Gasteiger partial charge in [0.1, 0.15) is 19.3 Å². The molecule has 0 spiro atoms. The van der Waals surface area contributed by atoms with Crippen LogP contribution in [-0.2, 0) is 65.4 Å². The molecule has 19 heteroatoms. The largest absolute Gasteiger partial charge is 0.472 e. The van der Waals surface area contributed by atoms with Crippen molar-refractivity contribution in [2.75, 3.05) is 39.6 Å². The number of phosphoric ester groups is 2. The van der Waals surface area contributed by atoms with Gasteiger partial charge in [-0.1, -0.05) is 433 Å². The van der Waals surface area contributed by atoms with E-state index in [1.54, 1.807) is 0 Å². The lowest BCUT2D eigenvalue weighted by Gasteiger charge is -2.21. The lowest BCUT2D eigenvalue weighted by Crippen LogP contribution is -2.30. The van der Waals surface area contributed by atoms with E-state index in [1.807, 2.05) is 0 Å². The highest BCUT2D eigenvalue weighted by molar-refractivity contribution is 7.47. The van der Waals surface area contributed by atoms with Crippen LogP contribution in [0.15, 0.2) is 0 Å². The number of carbonyl (C=O) groups excluding carboxylic acids is 4. The molecule has 648 valence electrons. The Balaban J connectivity index is 5.22. The van der Waals surface area contributed by atoms with Gasteiger partial charge in [0, 0.05) is 25.7 Å². The van der Waals surface area contributed by atoms with Gasteiger partial charge in [-0.2, -0.15) is 0 Å². The van der Waals surface area contributed by atoms with Gasteiger partial charge in [0.05, 0.1) is 26.4 Å². The Morgan fingerprint density at radius 1 is 0.257 bits per heavy atom. The Hall–Kier alpha value is -1.94. The third kappa shape index (κ3) is 81.0. The van der Waals surface area contributed by atoms with Crippen LogP contribution in [0.3, 0.4) is 0 Å². The van der Waals surface area contributed by atoms with Gasteiger partial charge in [0.25, 0.3) is 0 Å². The molecule has 0 aromatic heterocycles. The summed E-state index contributed by atoms with van der Waals surface area (Å²) in [5.74, 6) is -0.497. The summed E-state index contributed by atoms with van der Waals surface area (Å²) in [6.07, 6.45) is 75.1. The van der Waals surface area contributed by atoms with Crippen LogP contribution in [0.5, 0.6) is 0 Å². The van der Waals surface area contributed by atoms with Crippen LogP contribution in [0, 0.1) is 11.8 Å². The second kappa shape index (κ2) is 81.2. The van der Waals surface area contributed by atoms with Crippen molar-refractivity contribution in [3.05, 3.63) is 0 Å². The summed E-state index contributed by atoms with van der Waals surface area (Å²) in [5.41, 5.74) is 0. The second-order valence-electron chi connectivity index (χ2n) is 32.8. The summed E-state index contributed by atoms with van der Waals surface area (Å²) in [5, 5.41) is 10.7. The molecule has 0 fully saturated rings. The van der Waals surface area contributed by atoms with Crippen molar-refractivity contribution in [1.82, 2.24) is 0 Å². The highest BCUT2D eigenvalue weighted by Crippen LogP contribution is 2.45. The summed E-state index contributed by atoms with van der Waals surface area (Å²) < 4.78 is 69.0. The molecule has 17 nitrogen and oxygen atoms in total. The zero-order chi connectivity index (χ0) is 79.9. The number of esters is 4. The maximum atomic E-state index is 13.2. The van der Waals surface area contributed by atoms with Crippen LogP contribution in [0.25, 0.3) is 0 Å². The highest BCUT2D eigenvalue weighted by atomic mass is 31.2. The van der Waals surface area contributed by atoms with E-state index in [1.165, 1.54) is 295 Å². The molecule has 0 aromatic carbocycles. The number of unbranched alkanes of at least 4 members (excludes halogenated alkanes) is 57. The first-order chi connectivity index (χ1) is 52.9. The van der Waals surface area contributed by atoms with Gasteiger partial charge in [0.2, 0.25) is 0 Å². The zero-order valence-electron chi connectivity index (χ0n) is 71.9. The van der Waals surface area contributed by atoms with Gasteiger partial charge in [-0.25, -0.2) is 9.13 Å². The van der Waals surface area contributed by atoms with Crippen LogP contribution < -0.4 is 0 Å². The normalized spacial score (nSPS) is 14.2. The molecule has 0 saturated carbocycles. The molecule has 0 aliphatic rings. The molecule has 0 aliphatic heterocycles. The number of carbonyl (C=O) groups is 4. The number of phosphoric acid groups is 2. The minimum Gasteiger partial charge on any atom is -0.462 e. The quantitative estimate of drug-likeness (QED) is 0.0222. The minimum atomic E-state index is -4.97. The average Bonchev–Trinajstić information content (AvgIpc) is 0.900. The molecule has 0 heterocycles. The molecule has 0 amide bonds. The maximum absolute atomic E-state index is 13.2. The monoisotopic (exact) mass is 1590 g/mol. The number of rotatable bonds is 89. The molecule has 0 bridgehead atoms. The predicted molar refractivity (Wildman–Crippen MR) is 451 cm³/mol. The number of hydrogen-bond acceptors (Lipinski definition) is 15. The van der Waals surface area contributed by atoms with Gasteiger partial charge < -0.3 is 33.8 Å². The van der Waals surface area contributed by atoms with Crippen molar-refractivity contribution >= 4 is 39.5 Å². The lowest BCUT2D eigenvalue weighted by atomic mass is 9.99. The molecule has 0 saturated heterocycles. The van der Waals surface area contributed by atoms with Gasteiger partial charge >= 0.3 is 39.5 Å². The van der Waals surface area contributed by atoms with Gasteiger partial charge in [-0.15, -0.1) is 0 Å². The average molecular weight is 1590 g/mol. The standard InChI is InChI=1S/C90H176O17P2/c1-7-11-13-15-17-19-21-23-25-27-28-29-34-37-41-45-49-53-60-66-72-87(92)100-78-85(106-89(94)74-68-63-55-51-47-43-39-35-31-30-33-36-40-44-48-52-58-64-70-82(5)9-3)80-104-108(96,97)102-76-84(91)77-103-109(98,99)105-81-86(79-101-88(93)73-67-61-57-56-59-65-71-83(6)10-4)107-90(95)75-69-62-54-50-46-42-38-32-26-24-22-20-18-16-14-12-8-2/h82-86,91H,7-81H2,1-6H3,(H,96,97)(H,98,99)/t82?,83?,84-,85-,86-/m1/s1. The van der Waals surface area contributed by atoms with Crippen molar-refractivity contribution in [2.24, 2.45) is 11.8 Å².